The van der Waals surface area contributed by atoms with Gasteiger partial charge in [-0.1, -0.05) is 6.07 Å². The first-order valence-corrected chi connectivity index (χ1v) is 11.8. The average Bonchev–Trinajstić information content (AvgIpc) is 3.55. The molecule has 0 bridgehead atoms. The van der Waals surface area contributed by atoms with Gasteiger partial charge in [-0.05, 0) is 44.3 Å². The highest BCUT2D eigenvalue weighted by Crippen LogP contribution is 2.28. The van der Waals surface area contributed by atoms with Gasteiger partial charge in [0.2, 0.25) is 0 Å². The van der Waals surface area contributed by atoms with Crippen molar-refractivity contribution in [1.82, 2.24) is 35.3 Å². The predicted molar refractivity (Wildman–Crippen MR) is 142 cm³/mol. The van der Waals surface area contributed by atoms with Crippen LogP contribution in [0.25, 0.3) is 11.0 Å². The summed E-state index contributed by atoms with van der Waals surface area (Å²) < 4.78 is 1.75. The Hall–Kier alpha value is -1.99. The molecule has 1 saturated heterocycles. The van der Waals surface area contributed by atoms with Crippen molar-refractivity contribution in [3.05, 3.63) is 34.9 Å². The summed E-state index contributed by atoms with van der Waals surface area (Å²) in [5.41, 5.74) is 0.821. The fourth-order valence-corrected chi connectivity index (χ4v) is 4.76. The number of hydrogen-bond donors (Lipinski definition) is 3. The second-order valence-electron chi connectivity index (χ2n) is 7.58. The second-order valence-corrected chi connectivity index (χ2v) is 8.55. The minimum Gasteiger partial charge on any atom is -0.368 e. The Kier molecular flexibility index (Phi) is 9.48. The van der Waals surface area contributed by atoms with Gasteiger partial charge in [0.05, 0.1) is 24.2 Å². The number of nitrogens with one attached hydrogen (secondary N) is 3. The molecule has 1 atom stereocenters. The lowest BCUT2D eigenvalue weighted by Gasteiger charge is -2.25. The van der Waals surface area contributed by atoms with E-state index in [0.29, 0.717) is 12.6 Å². The van der Waals surface area contributed by atoms with Crippen LogP contribution in [0.5, 0.6) is 0 Å². The van der Waals surface area contributed by atoms with Crippen LogP contribution in [0.2, 0.25) is 0 Å². The van der Waals surface area contributed by atoms with Gasteiger partial charge in [0.15, 0.2) is 11.6 Å². The number of halogens is 1. The number of hydrogen-bond acceptors (Lipinski definition) is 7. The topological polar surface area (TPSA) is 95.3 Å². The van der Waals surface area contributed by atoms with Crippen LogP contribution >= 0.6 is 35.3 Å². The van der Waals surface area contributed by atoms with Crippen LogP contribution in [-0.2, 0) is 7.05 Å². The van der Waals surface area contributed by atoms with Gasteiger partial charge < -0.3 is 16.0 Å². The molecule has 0 saturated carbocycles. The Balaban J connectivity index is 0.00000289. The maximum absolute atomic E-state index is 4.90. The Labute approximate surface area is 210 Å². The number of fused-ring (bicyclic) bond motifs is 1. The highest BCUT2D eigenvalue weighted by Gasteiger charge is 2.24. The Bertz CT molecular complexity index is 982. The molecule has 0 radical (unpaired) electrons. The lowest BCUT2D eigenvalue weighted by Crippen LogP contribution is -2.40. The highest BCUT2D eigenvalue weighted by atomic mass is 127. The van der Waals surface area contributed by atoms with Crippen LogP contribution in [0.4, 0.5) is 5.82 Å². The molecule has 174 valence electrons. The molecule has 32 heavy (non-hydrogen) atoms. The van der Waals surface area contributed by atoms with Gasteiger partial charge in [-0.2, -0.15) is 5.10 Å². The van der Waals surface area contributed by atoms with Crippen LogP contribution < -0.4 is 16.0 Å². The van der Waals surface area contributed by atoms with Crippen LogP contribution in [-0.4, -0.2) is 69.9 Å². The zero-order valence-corrected chi connectivity index (χ0v) is 21.8. The van der Waals surface area contributed by atoms with Crippen molar-refractivity contribution in [1.29, 1.82) is 0 Å². The van der Waals surface area contributed by atoms with Crippen molar-refractivity contribution in [2.45, 2.75) is 25.8 Å². The van der Waals surface area contributed by atoms with E-state index < -0.39 is 0 Å². The largest absolute Gasteiger partial charge is 0.368 e. The van der Waals surface area contributed by atoms with E-state index in [0.717, 1.165) is 55.5 Å². The monoisotopic (exact) mass is 569 g/mol. The molecule has 0 amide bonds. The van der Waals surface area contributed by atoms with Crippen molar-refractivity contribution >= 4 is 58.1 Å². The SMILES string of the molecule is CCNC(=NCC(c1cccs1)N1CCCC1)NCCNc1ncnc2c1cnn2C.I. The summed E-state index contributed by atoms with van der Waals surface area (Å²) in [5, 5.41) is 17.5. The van der Waals surface area contributed by atoms with Gasteiger partial charge in [-0.3, -0.25) is 14.6 Å². The Morgan fingerprint density at radius 1 is 1.22 bits per heavy atom. The first kappa shape index (κ1) is 24.6. The molecule has 1 aliphatic rings. The summed E-state index contributed by atoms with van der Waals surface area (Å²) in [6.45, 7) is 7.44. The summed E-state index contributed by atoms with van der Waals surface area (Å²) in [6.07, 6.45) is 5.92. The van der Waals surface area contributed by atoms with Crippen LogP contribution in [0, 0.1) is 0 Å². The molecule has 1 unspecified atom stereocenters. The molecule has 4 rings (SSSR count). The van der Waals surface area contributed by atoms with Gasteiger partial charge in [0.1, 0.15) is 12.1 Å². The summed E-state index contributed by atoms with van der Waals surface area (Å²) in [4.78, 5) is 17.5. The van der Waals surface area contributed by atoms with Crippen molar-refractivity contribution in [3.63, 3.8) is 0 Å². The molecule has 3 N–H and O–H groups in total. The molecule has 0 aliphatic carbocycles. The first-order chi connectivity index (χ1) is 15.3. The van der Waals surface area contributed by atoms with Crippen molar-refractivity contribution < 1.29 is 0 Å². The molecular formula is C21H32IN9S. The normalized spacial score (nSPS) is 15.5. The molecule has 9 nitrogen and oxygen atoms in total. The molecule has 0 aromatic carbocycles. The van der Waals surface area contributed by atoms with E-state index in [1.54, 1.807) is 17.2 Å². The average molecular weight is 570 g/mol. The molecule has 3 aromatic rings. The van der Waals surface area contributed by atoms with Crippen LogP contribution in [0.15, 0.2) is 35.0 Å². The number of anilines is 1. The lowest BCUT2D eigenvalue weighted by atomic mass is 10.2. The third-order valence-corrected chi connectivity index (χ3v) is 6.43. The minimum absolute atomic E-state index is 0. The summed E-state index contributed by atoms with van der Waals surface area (Å²) >= 11 is 1.82. The molecule has 1 fully saturated rings. The molecule has 4 heterocycles. The minimum atomic E-state index is 0. The number of thiophene rings is 1. The number of guanidine groups is 1. The van der Waals surface area contributed by atoms with Gasteiger partial charge in [-0.15, -0.1) is 35.3 Å². The molecule has 1 aliphatic heterocycles. The third kappa shape index (κ3) is 6.07. The van der Waals surface area contributed by atoms with E-state index >= 15 is 0 Å². The van der Waals surface area contributed by atoms with Crippen molar-refractivity contribution in [2.75, 3.05) is 44.6 Å². The Morgan fingerprint density at radius 3 is 2.81 bits per heavy atom. The number of rotatable bonds is 9. The summed E-state index contributed by atoms with van der Waals surface area (Å²) in [5.74, 6) is 1.65. The molecular weight excluding hydrogens is 537 g/mol. The van der Waals surface area contributed by atoms with E-state index in [4.69, 9.17) is 4.99 Å². The number of nitrogens with zero attached hydrogens (tertiary/aromatic N) is 6. The summed E-state index contributed by atoms with van der Waals surface area (Å²) in [7, 11) is 1.88. The predicted octanol–water partition coefficient (Wildman–Crippen LogP) is 2.85. The maximum atomic E-state index is 4.90. The van der Waals surface area contributed by atoms with Crippen LogP contribution in [0.1, 0.15) is 30.7 Å². The maximum Gasteiger partial charge on any atom is 0.191 e. The fourth-order valence-electron chi connectivity index (χ4n) is 3.90. The molecule has 0 spiro atoms. The van der Waals surface area contributed by atoms with E-state index in [-0.39, 0.29) is 24.0 Å². The van der Waals surface area contributed by atoms with E-state index in [1.165, 1.54) is 17.7 Å². The van der Waals surface area contributed by atoms with Crippen LogP contribution in [0.3, 0.4) is 0 Å². The van der Waals surface area contributed by atoms with Gasteiger partial charge >= 0.3 is 0 Å². The van der Waals surface area contributed by atoms with Crippen molar-refractivity contribution in [3.8, 4) is 0 Å². The lowest BCUT2D eigenvalue weighted by molar-refractivity contribution is 0.255. The molecule has 3 aromatic heterocycles. The standard InChI is InChI=1S/C21H31N9S.HI/c1-3-22-21(25-14-17(18-7-6-12-31-18)30-10-4-5-11-30)24-9-8-23-19-16-13-28-29(2)20(16)27-15-26-19;/h6-7,12-13,15,17H,3-5,8-11,14H2,1-2H3,(H2,22,24,25)(H,23,26,27);1H. The van der Waals surface area contributed by atoms with Gasteiger partial charge in [0.25, 0.3) is 0 Å². The van der Waals surface area contributed by atoms with E-state index in [1.807, 2.05) is 18.4 Å². The van der Waals surface area contributed by atoms with E-state index in [9.17, 15) is 0 Å². The highest BCUT2D eigenvalue weighted by molar-refractivity contribution is 14.0. The summed E-state index contributed by atoms with van der Waals surface area (Å²) in [6, 6.07) is 4.72. The zero-order valence-electron chi connectivity index (χ0n) is 18.6. The number of aryl methyl sites for hydroxylation is 1. The third-order valence-electron chi connectivity index (χ3n) is 5.46. The quantitative estimate of drug-likeness (QED) is 0.158. The van der Waals surface area contributed by atoms with E-state index in [2.05, 4.69) is 60.4 Å². The number of aromatic nitrogens is 4. The van der Waals surface area contributed by atoms with Crippen molar-refractivity contribution in [2.24, 2.45) is 12.0 Å². The second kappa shape index (κ2) is 12.3. The number of aliphatic imine (C=N–C) groups is 1. The smallest absolute Gasteiger partial charge is 0.191 e. The fraction of sp³-hybridized carbons (Fsp3) is 0.524. The van der Waals surface area contributed by atoms with Gasteiger partial charge in [0, 0.05) is 31.6 Å². The molecule has 11 heteroatoms. The Morgan fingerprint density at radius 2 is 2.06 bits per heavy atom. The van der Waals surface area contributed by atoms with Gasteiger partial charge in [-0.25, -0.2) is 9.97 Å². The number of likely N-dealkylation sites (tertiary alicyclic amines) is 1. The zero-order chi connectivity index (χ0) is 21.5. The first-order valence-electron chi connectivity index (χ1n) is 10.9.